The van der Waals surface area contributed by atoms with Gasteiger partial charge in [-0.3, -0.25) is 9.36 Å². The Morgan fingerprint density at radius 2 is 2.10 bits per heavy atom. The number of aryl methyl sites for hydroxylation is 1. The van der Waals surface area contributed by atoms with Gasteiger partial charge >= 0.3 is 5.69 Å². The molecule has 7 heteroatoms. The molecule has 0 spiro atoms. The second kappa shape index (κ2) is 6.34. The Labute approximate surface area is 116 Å². The lowest BCUT2D eigenvalue weighted by Gasteiger charge is -2.15. The zero-order chi connectivity index (χ0) is 14.7. The summed E-state index contributed by atoms with van der Waals surface area (Å²) in [4.78, 5) is 23.8. The first-order chi connectivity index (χ1) is 9.54. The van der Waals surface area contributed by atoms with Crippen LogP contribution in [0, 0.1) is 0 Å². The predicted octanol–water partition coefficient (Wildman–Crippen LogP) is -0.0754. The van der Waals surface area contributed by atoms with Gasteiger partial charge in [-0.2, -0.15) is 0 Å². The van der Waals surface area contributed by atoms with E-state index in [0.717, 1.165) is 17.4 Å². The van der Waals surface area contributed by atoms with Crippen molar-refractivity contribution in [2.24, 2.45) is 14.1 Å². The van der Waals surface area contributed by atoms with Crippen molar-refractivity contribution in [3.05, 3.63) is 32.6 Å². The average Bonchev–Trinajstić information content (AvgIpc) is 2.89. The highest BCUT2D eigenvalue weighted by molar-refractivity contribution is 5.11. The molecule has 1 aromatic rings. The van der Waals surface area contributed by atoms with Crippen LogP contribution in [0.4, 0.5) is 0 Å². The van der Waals surface area contributed by atoms with Gasteiger partial charge in [0.05, 0.1) is 24.4 Å². The maximum absolute atomic E-state index is 12.1. The molecule has 1 saturated heterocycles. The lowest BCUT2D eigenvalue weighted by molar-refractivity contribution is -0.0770. The average molecular weight is 284 g/mol. The lowest BCUT2D eigenvalue weighted by atomic mass is 10.1. The first-order valence-electron chi connectivity index (χ1n) is 6.53. The van der Waals surface area contributed by atoms with Crippen LogP contribution in [-0.2, 0) is 28.3 Å². The van der Waals surface area contributed by atoms with E-state index in [1.807, 2.05) is 0 Å². The maximum Gasteiger partial charge on any atom is 0.330 e. The Morgan fingerprint density at radius 1 is 1.35 bits per heavy atom. The van der Waals surface area contributed by atoms with E-state index in [4.69, 9.17) is 14.2 Å². The van der Waals surface area contributed by atoms with Crippen LogP contribution >= 0.6 is 0 Å². The summed E-state index contributed by atoms with van der Waals surface area (Å²) in [6.45, 7) is 0.669. The summed E-state index contributed by atoms with van der Waals surface area (Å²) in [5, 5.41) is 0. The molecule has 0 N–H and O–H groups in total. The zero-order valence-corrected chi connectivity index (χ0v) is 12.0. The van der Waals surface area contributed by atoms with E-state index >= 15 is 0 Å². The lowest BCUT2D eigenvalue weighted by Crippen LogP contribution is -2.39. The van der Waals surface area contributed by atoms with Gasteiger partial charge in [-0.25, -0.2) is 4.79 Å². The largest absolute Gasteiger partial charge is 0.368 e. The number of nitrogens with zero attached hydrogens (tertiary/aromatic N) is 2. The van der Waals surface area contributed by atoms with E-state index in [0.29, 0.717) is 12.2 Å². The number of hydrogen-bond donors (Lipinski definition) is 0. The molecular weight excluding hydrogens is 264 g/mol. The molecule has 0 unspecified atom stereocenters. The quantitative estimate of drug-likeness (QED) is 0.559. The normalized spacial score (nSPS) is 22.4. The Morgan fingerprint density at radius 3 is 2.80 bits per heavy atom. The van der Waals surface area contributed by atoms with Crippen LogP contribution in [-0.4, -0.2) is 35.7 Å². The first-order valence-corrected chi connectivity index (χ1v) is 6.53. The van der Waals surface area contributed by atoms with Crippen molar-refractivity contribution < 1.29 is 14.2 Å². The SMILES string of the molecule is COCOC[C@@H]1CC[C@@H](c2cn(C)c(=O)n(C)c2=O)O1. The van der Waals surface area contributed by atoms with Gasteiger partial charge in [-0.1, -0.05) is 0 Å². The summed E-state index contributed by atoms with van der Waals surface area (Å²) >= 11 is 0. The Bertz CT molecular complexity index is 577. The molecule has 1 fully saturated rings. The van der Waals surface area contributed by atoms with Crippen LogP contribution in [0.15, 0.2) is 15.8 Å². The molecule has 0 aromatic carbocycles. The van der Waals surface area contributed by atoms with Gasteiger partial charge in [-0.15, -0.1) is 0 Å². The number of hydrogen-bond acceptors (Lipinski definition) is 5. The molecule has 2 atom stereocenters. The number of rotatable bonds is 5. The molecular formula is C13H20N2O5. The second-order valence-corrected chi connectivity index (χ2v) is 4.94. The van der Waals surface area contributed by atoms with Crippen molar-refractivity contribution in [3.8, 4) is 0 Å². The molecule has 1 aromatic heterocycles. The van der Waals surface area contributed by atoms with E-state index in [1.165, 1.54) is 11.6 Å². The van der Waals surface area contributed by atoms with Crippen molar-refractivity contribution in [2.75, 3.05) is 20.5 Å². The minimum absolute atomic E-state index is 0.0444. The van der Waals surface area contributed by atoms with Crippen molar-refractivity contribution in [3.63, 3.8) is 0 Å². The van der Waals surface area contributed by atoms with E-state index in [2.05, 4.69) is 0 Å². The van der Waals surface area contributed by atoms with E-state index < -0.39 is 0 Å². The molecule has 1 aliphatic rings. The van der Waals surface area contributed by atoms with Gasteiger partial charge in [0.25, 0.3) is 5.56 Å². The number of methoxy groups -OCH3 is 1. The van der Waals surface area contributed by atoms with Crippen LogP contribution in [0.25, 0.3) is 0 Å². The third-order valence-electron chi connectivity index (χ3n) is 3.43. The molecule has 2 rings (SSSR count). The summed E-state index contributed by atoms with van der Waals surface area (Å²) in [7, 11) is 4.66. The van der Waals surface area contributed by atoms with Crippen LogP contribution in [0.1, 0.15) is 24.5 Å². The van der Waals surface area contributed by atoms with Gasteiger partial charge in [0, 0.05) is 27.4 Å². The summed E-state index contributed by atoms with van der Waals surface area (Å²) < 4.78 is 18.4. The Hall–Kier alpha value is -1.44. The predicted molar refractivity (Wildman–Crippen MR) is 71.6 cm³/mol. The van der Waals surface area contributed by atoms with Crippen molar-refractivity contribution in [1.29, 1.82) is 0 Å². The highest BCUT2D eigenvalue weighted by Crippen LogP contribution is 2.30. The molecule has 1 aliphatic heterocycles. The molecule has 0 amide bonds. The van der Waals surface area contributed by atoms with E-state index in [-0.39, 0.29) is 30.2 Å². The Balaban J connectivity index is 2.11. The van der Waals surface area contributed by atoms with E-state index in [1.54, 1.807) is 20.4 Å². The number of aromatic nitrogens is 2. The molecule has 0 radical (unpaired) electrons. The standard InChI is InChI=1S/C13H20N2O5/c1-14-6-10(12(16)15(2)13(14)17)11-5-4-9(20-11)7-19-8-18-3/h6,9,11H,4-5,7-8H2,1-3H3/t9-,11-/m0/s1. The molecule has 20 heavy (non-hydrogen) atoms. The zero-order valence-electron chi connectivity index (χ0n) is 12.0. The van der Waals surface area contributed by atoms with Crippen LogP contribution < -0.4 is 11.2 Å². The fraction of sp³-hybridized carbons (Fsp3) is 0.692. The second-order valence-electron chi connectivity index (χ2n) is 4.94. The van der Waals surface area contributed by atoms with Crippen molar-refractivity contribution >= 4 is 0 Å². The van der Waals surface area contributed by atoms with Crippen molar-refractivity contribution in [2.45, 2.75) is 25.0 Å². The highest BCUT2D eigenvalue weighted by atomic mass is 16.7. The van der Waals surface area contributed by atoms with Crippen molar-refractivity contribution in [1.82, 2.24) is 9.13 Å². The molecule has 0 aliphatic carbocycles. The summed E-state index contributed by atoms with van der Waals surface area (Å²) in [6, 6.07) is 0. The minimum Gasteiger partial charge on any atom is -0.368 e. The first kappa shape index (κ1) is 15.0. The van der Waals surface area contributed by atoms with Crippen LogP contribution in [0.3, 0.4) is 0 Å². The third-order valence-corrected chi connectivity index (χ3v) is 3.43. The molecule has 112 valence electrons. The third kappa shape index (κ3) is 3.00. The summed E-state index contributed by atoms with van der Waals surface area (Å²) in [5.74, 6) is 0. The fourth-order valence-corrected chi connectivity index (χ4v) is 2.38. The molecule has 7 nitrogen and oxygen atoms in total. The maximum atomic E-state index is 12.1. The van der Waals surface area contributed by atoms with Gasteiger partial charge < -0.3 is 18.8 Å². The molecule has 2 heterocycles. The summed E-state index contributed by atoms with van der Waals surface area (Å²) in [6.07, 6.45) is 2.80. The summed E-state index contributed by atoms with van der Waals surface area (Å²) in [5.41, 5.74) is -0.114. The van der Waals surface area contributed by atoms with Gasteiger partial charge in [0.15, 0.2) is 0 Å². The van der Waals surface area contributed by atoms with E-state index in [9.17, 15) is 9.59 Å². The van der Waals surface area contributed by atoms with Gasteiger partial charge in [-0.05, 0) is 12.8 Å². The topological polar surface area (TPSA) is 71.7 Å². The van der Waals surface area contributed by atoms with Crippen LogP contribution in [0.2, 0.25) is 0 Å². The van der Waals surface area contributed by atoms with Gasteiger partial charge in [0.2, 0.25) is 0 Å². The molecule has 0 bridgehead atoms. The number of ether oxygens (including phenoxy) is 3. The smallest absolute Gasteiger partial charge is 0.330 e. The molecule has 0 saturated carbocycles. The van der Waals surface area contributed by atoms with Crippen LogP contribution in [0.5, 0.6) is 0 Å². The minimum atomic E-state index is -0.336. The Kier molecular flexibility index (Phi) is 4.74. The monoisotopic (exact) mass is 284 g/mol. The fourth-order valence-electron chi connectivity index (χ4n) is 2.38. The highest BCUT2D eigenvalue weighted by Gasteiger charge is 2.29. The van der Waals surface area contributed by atoms with Gasteiger partial charge in [0.1, 0.15) is 6.79 Å².